The Morgan fingerprint density at radius 3 is 2.15 bits per heavy atom. The number of carbonyl (C=O) groups excluding carboxylic acids is 2. The van der Waals surface area contributed by atoms with Crippen LogP contribution in [0.1, 0.15) is 37.5 Å². The van der Waals surface area contributed by atoms with Crippen LogP contribution in [0.2, 0.25) is 0 Å². The number of halogens is 6. The number of nitrogens with zero attached hydrogens (tertiary/aromatic N) is 1. The van der Waals surface area contributed by atoms with E-state index in [-0.39, 0.29) is 34.0 Å². The molecular weight excluding hydrogens is 538 g/mol. The second kappa shape index (κ2) is 11.1. The fourth-order valence-electron chi connectivity index (χ4n) is 3.40. The van der Waals surface area contributed by atoms with Crippen LogP contribution in [0.3, 0.4) is 0 Å². The standard InChI is InChI=1S/C25H20F6N2O6/c1-12-7-14(24(26,27)28)8-20(38-18-6-5-15(9-19(18)36-3)39-25(29,30)31)21(12)22(34)33-16-10-17(23(35)37-4)32-11-13(16)2/h5-11H,1-4H3,(H,32,33,34). The minimum atomic E-state index is -5.00. The van der Waals surface area contributed by atoms with E-state index in [1.807, 2.05) is 0 Å². The lowest BCUT2D eigenvalue weighted by molar-refractivity contribution is -0.274. The Kier molecular flexibility index (Phi) is 8.27. The van der Waals surface area contributed by atoms with E-state index in [1.165, 1.54) is 19.2 Å². The molecule has 1 N–H and O–H groups in total. The number of amides is 1. The molecular formula is C25H20F6N2O6. The number of hydrogen-bond donors (Lipinski definition) is 1. The number of aryl methyl sites for hydroxylation is 2. The third-order valence-corrected chi connectivity index (χ3v) is 5.19. The fraction of sp³-hybridized carbons (Fsp3) is 0.240. The van der Waals surface area contributed by atoms with Crippen LogP contribution in [0, 0.1) is 13.8 Å². The van der Waals surface area contributed by atoms with Gasteiger partial charge in [-0.3, -0.25) is 4.79 Å². The number of ether oxygens (including phenoxy) is 4. The highest BCUT2D eigenvalue weighted by Crippen LogP contribution is 2.41. The van der Waals surface area contributed by atoms with Crippen molar-refractivity contribution in [2.45, 2.75) is 26.4 Å². The second-order valence-electron chi connectivity index (χ2n) is 7.96. The van der Waals surface area contributed by atoms with Gasteiger partial charge < -0.3 is 24.3 Å². The topological polar surface area (TPSA) is 96.0 Å². The van der Waals surface area contributed by atoms with E-state index in [1.54, 1.807) is 6.92 Å². The van der Waals surface area contributed by atoms with Crippen LogP contribution >= 0.6 is 0 Å². The molecule has 0 saturated carbocycles. The summed E-state index contributed by atoms with van der Waals surface area (Å²) in [4.78, 5) is 29.0. The van der Waals surface area contributed by atoms with Gasteiger partial charge in [-0.2, -0.15) is 13.2 Å². The second-order valence-corrected chi connectivity index (χ2v) is 7.96. The van der Waals surface area contributed by atoms with Crippen molar-refractivity contribution in [3.8, 4) is 23.0 Å². The van der Waals surface area contributed by atoms with Gasteiger partial charge in [0.1, 0.15) is 17.2 Å². The van der Waals surface area contributed by atoms with Gasteiger partial charge in [-0.15, -0.1) is 13.2 Å². The molecule has 0 saturated heterocycles. The van der Waals surface area contributed by atoms with Crippen LogP contribution < -0.4 is 19.5 Å². The van der Waals surface area contributed by atoms with Gasteiger partial charge in [0.15, 0.2) is 11.5 Å². The summed E-state index contributed by atoms with van der Waals surface area (Å²) >= 11 is 0. The summed E-state index contributed by atoms with van der Waals surface area (Å²) in [5.74, 6) is -3.54. The molecule has 0 aliphatic rings. The van der Waals surface area contributed by atoms with Gasteiger partial charge in [-0.05, 0) is 55.3 Å². The van der Waals surface area contributed by atoms with Gasteiger partial charge >= 0.3 is 18.5 Å². The van der Waals surface area contributed by atoms with E-state index in [2.05, 4.69) is 19.8 Å². The van der Waals surface area contributed by atoms with Crippen LogP contribution in [0.5, 0.6) is 23.0 Å². The number of carbonyl (C=O) groups is 2. The third kappa shape index (κ3) is 7.09. The summed E-state index contributed by atoms with van der Waals surface area (Å²) in [6, 6.07) is 5.19. The number of benzene rings is 2. The Hall–Kier alpha value is -4.49. The van der Waals surface area contributed by atoms with Gasteiger partial charge in [0, 0.05) is 18.0 Å². The minimum Gasteiger partial charge on any atom is -0.493 e. The molecule has 0 unspecified atom stereocenters. The number of rotatable bonds is 7. The molecule has 8 nitrogen and oxygen atoms in total. The Balaban J connectivity index is 2.08. The molecule has 2 aromatic carbocycles. The number of hydrogen-bond acceptors (Lipinski definition) is 7. The molecule has 0 aliphatic heterocycles. The molecule has 1 amide bonds. The zero-order chi connectivity index (χ0) is 29.1. The zero-order valence-electron chi connectivity index (χ0n) is 20.7. The van der Waals surface area contributed by atoms with Crippen LogP contribution in [-0.2, 0) is 10.9 Å². The maximum atomic E-state index is 13.6. The predicted molar refractivity (Wildman–Crippen MR) is 124 cm³/mol. The van der Waals surface area contributed by atoms with Crippen molar-refractivity contribution in [3.05, 3.63) is 70.5 Å². The summed E-state index contributed by atoms with van der Waals surface area (Å²) in [5, 5.41) is 2.51. The monoisotopic (exact) mass is 558 g/mol. The molecule has 0 radical (unpaired) electrons. The lowest BCUT2D eigenvalue weighted by Gasteiger charge is -2.19. The normalized spacial score (nSPS) is 11.5. The number of aromatic nitrogens is 1. The molecule has 1 aromatic heterocycles. The highest BCUT2D eigenvalue weighted by Gasteiger charge is 2.34. The molecule has 3 rings (SSSR count). The van der Waals surface area contributed by atoms with Gasteiger partial charge in [-0.1, -0.05) is 0 Å². The van der Waals surface area contributed by atoms with E-state index in [9.17, 15) is 35.9 Å². The largest absolute Gasteiger partial charge is 0.573 e. The summed E-state index contributed by atoms with van der Waals surface area (Å²) in [7, 11) is 2.23. The quantitative estimate of drug-likeness (QED) is 0.263. The van der Waals surface area contributed by atoms with E-state index in [4.69, 9.17) is 9.47 Å². The van der Waals surface area contributed by atoms with Crippen molar-refractivity contribution < 1.29 is 54.9 Å². The van der Waals surface area contributed by atoms with Crippen molar-refractivity contribution in [2.75, 3.05) is 19.5 Å². The van der Waals surface area contributed by atoms with Crippen LogP contribution in [0.15, 0.2) is 42.6 Å². The Bertz CT molecular complexity index is 1410. The maximum absolute atomic E-state index is 13.6. The van der Waals surface area contributed by atoms with Gasteiger partial charge in [-0.25, -0.2) is 9.78 Å². The van der Waals surface area contributed by atoms with Crippen molar-refractivity contribution in [3.63, 3.8) is 0 Å². The number of pyridine rings is 1. The van der Waals surface area contributed by atoms with Crippen LogP contribution in [0.4, 0.5) is 32.0 Å². The molecule has 0 bridgehead atoms. The maximum Gasteiger partial charge on any atom is 0.573 e. The molecule has 3 aromatic rings. The first kappa shape index (κ1) is 29.1. The van der Waals surface area contributed by atoms with E-state index in [0.717, 1.165) is 38.5 Å². The molecule has 0 spiro atoms. The number of nitrogens with one attached hydrogen (secondary N) is 1. The van der Waals surface area contributed by atoms with Crippen molar-refractivity contribution in [1.82, 2.24) is 4.98 Å². The minimum absolute atomic E-state index is 0.117. The lowest BCUT2D eigenvalue weighted by Crippen LogP contribution is -2.18. The highest BCUT2D eigenvalue weighted by atomic mass is 19.4. The molecule has 39 heavy (non-hydrogen) atoms. The molecule has 0 atom stereocenters. The van der Waals surface area contributed by atoms with Gasteiger partial charge in [0.05, 0.1) is 25.3 Å². The molecule has 1 heterocycles. The molecule has 208 valence electrons. The number of methoxy groups -OCH3 is 2. The molecule has 14 heteroatoms. The first-order valence-corrected chi connectivity index (χ1v) is 10.8. The van der Waals surface area contributed by atoms with E-state index in [0.29, 0.717) is 11.6 Å². The van der Waals surface area contributed by atoms with Crippen molar-refractivity contribution >= 4 is 17.6 Å². The van der Waals surface area contributed by atoms with Crippen LogP contribution in [0.25, 0.3) is 0 Å². The Morgan fingerprint density at radius 1 is 0.872 bits per heavy atom. The average molecular weight is 558 g/mol. The first-order chi connectivity index (χ1) is 18.1. The third-order valence-electron chi connectivity index (χ3n) is 5.19. The van der Waals surface area contributed by atoms with E-state index >= 15 is 0 Å². The molecule has 0 fully saturated rings. The Labute approximate surface area is 217 Å². The zero-order valence-corrected chi connectivity index (χ0v) is 20.7. The first-order valence-electron chi connectivity index (χ1n) is 10.8. The van der Waals surface area contributed by atoms with Crippen molar-refractivity contribution in [2.24, 2.45) is 0 Å². The summed E-state index contributed by atoms with van der Waals surface area (Å²) < 4.78 is 97.5. The fourth-order valence-corrected chi connectivity index (χ4v) is 3.40. The van der Waals surface area contributed by atoms with Crippen LogP contribution in [-0.4, -0.2) is 37.4 Å². The average Bonchev–Trinajstić information content (AvgIpc) is 2.83. The summed E-state index contributed by atoms with van der Waals surface area (Å²) in [6.07, 6.45) is -8.53. The number of esters is 1. The summed E-state index contributed by atoms with van der Waals surface area (Å²) in [5.41, 5.74) is -1.19. The number of alkyl halides is 6. The smallest absolute Gasteiger partial charge is 0.493 e. The number of anilines is 1. The predicted octanol–water partition coefficient (Wildman–Crippen LogP) is 6.46. The Morgan fingerprint density at radius 2 is 1.56 bits per heavy atom. The summed E-state index contributed by atoms with van der Waals surface area (Å²) in [6.45, 7) is 2.81. The van der Waals surface area contributed by atoms with Gasteiger partial charge in [0.25, 0.3) is 5.91 Å². The van der Waals surface area contributed by atoms with E-state index < -0.39 is 41.5 Å². The lowest BCUT2D eigenvalue weighted by atomic mass is 10.0. The SMILES string of the molecule is COC(=O)c1cc(NC(=O)c2c(C)cc(C(F)(F)F)cc2Oc2ccc(OC(F)(F)F)cc2OC)c(C)cn1. The molecule has 0 aliphatic carbocycles. The van der Waals surface area contributed by atoms with Crippen molar-refractivity contribution in [1.29, 1.82) is 0 Å². The van der Waals surface area contributed by atoms with Gasteiger partial charge in [0.2, 0.25) is 0 Å². The highest BCUT2D eigenvalue weighted by molar-refractivity contribution is 6.08.